The fourth-order valence-electron chi connectivity index (χ4n) is 3.75. The Kier molecular flexibility index (Phi) is 6.40. The number of para-hydroxylation sites is 1. The minimum absolute atomic E-state index is 0.238. The molecule has 0 saturated carbocycles. The maximum atomic E-state index is 12.7. The summed E-state index contributed by atoms with van der Waals surface area (Å²) in [6, 6.07) is 19.4. The van der Waals surface area contributed by atoms with Crippen molar-refractivity contribution >= 4 is 17.6 Å². The number of hydrogen-bond acceptors (Lipinski definition) is 3. The number of carbonyl (C=O) groups excluding carboxylic acids is 2. The van der Waals surface area contributed by atoms with Gasteiger partial charge in [-0.25, -0.2) is 4.79 Å². The van der Waals surface area contributed by atoms with Gasteiger partial charge in [-0.15, -0.1) is 0 Å². The van der Waals surface area contributed by atoms with Crippen LogP contribution in [0.3, 0.4) is 0 Å². The number of rotatable bonds is 6. The van der Waals surface area contributed by atoms with Gasteiger partial charge in [-0.05, 0) is 52.3 Å². The number of ether oxygens (including phenoxy) is 1. The number of nitrogens with one attached hydrogen (secondary N) is 1. The summed E-state index contributed by atoms with van der Waals surface area (Å²) in [6.45, 7) is 9.57. The summed E-state index contributed by atoms with van der Waals surface area (Å²) in [4.78, 5) is 25.4. The minimum atomic E-state index is -0.927. The van der Waals surface area contributed by atoms with E-state index in [0.29, 0.717) is 11.3 Å². The fourth-order valence-corrected chi connectivity index (χ4v) is 3.75. The van der Waals surface area contributed by atoms with E-state index in [2.05, 4.69) is 23.7 Å². The predicted molar refractivity (Wildman–Crippen MR) is 120 cm³/mol. The van der Waals surface area contributed by atoms with Gasteiger partial charge in [-0.2, -0.15) is 0 Å². The van der Waals surface area contributed by atoms with E-state index in [9.17, 15) is 9.59 Å². The summed E-state index contributed by atoms with van der Waals surface area (Å²) in [6.07, 6.45) is -0.927. The molecule has 1 heterocycles. The highest BCUT2D eigenvalue weighted by Gasteiger charge is 2.23. The van der Waals surface area contributed by atoms with Crippen LogP contribution in [0.5, 0.6) is 0 Å². The van der Waals surface area contributed by atoms with E-state index in [1.807, 2.05) is 74.5 Å². The van der Waals surface area contributed by atoms with Gasteiger partial charge >= 0.3 is 5.97 Å². The average Bonchev–Trinajstić information content (AvgIpc) is 3.03. The van der Waals surface area contributed by atoms with Crippen molar-refractivity contribution in [2.24, 2.45) is 0 Å². The van der Waals surface area contributed by atoms with Crippen LogP contribution in [0.2, 0.25) is 0 Å². The molecule has 0 aliphatic carbocycles. The molecule has 1 amide bonds. The molecule has 1 atom stereocenters. The van der Waals surface area contributed by atoms with Crippen LogP contribution in [0.25, 0.3) is 11.1 Å². The van der Waals surface area contributed by atoms with Crippen LogP contribution in [0.15, 0.2) is 60.7 Å². The van der Waals surface area contributed by atoms with E-state index in [-0.39, 0.29) is 11.9 Å². The minimum Gasteiger partial charge on any atom is -0.449 e. The maximum Gasteiger partial charge on any atom is 0.340 e. The summed E-state index contributed by atoms with van der Waals surface area (Å²) >= 11 is 0. The molecular formula is C25H28N2O3. The van der Waals surface area contributed by atoms with Crippen molar-refractivity contribution in [2.75, 3.05) is 5.32 Å². The zero-order valence-electron chi connectivity index (χ0n) is 18.1. The maximum absolute atomic E-state index is 12.7. The monoisotopic (exact) mass is 404 g/mol. The van der Waals surface area contributed by atoms with E-state index in [1.165, 1.54) is 0 Å². The first kappa shape index (κ1) is 21.4. The first-order valence-corrected chi connectivity index (χ1v) is 10.1. The molecule has 3 aromatic rings. The van der Waals surface area contributed by atoms with Gasteiger partial charge in [0.25, 0.3) is 5.91 Å². The summed E-state index contributed by atoms with van der Waals surface area (Å²) in [5.41, 5.74) is 4.91. The predicted octanol–water partition coefficient (Wildman–Crippen LogP) is 5.54. The topological polar surface area (TPSA) is 60.3 Å². The Morgan fingerprint density at radius 3 is 2.20 bits per heavy atom. The Labute approximate surface area is 177 Å². The summed E-state index contributed by atoms with van der Waals surface area (Å²) in [5.74, 6) is -0.863. The number of carbonyl (C=O) groups is 2. The van der Waals surface area contributed by atoms with E-state index in [1.54, 1.807) is 6.92 Å². The lowest BCUT2D eigenvalue weighted by molar-refractivity contribution is -0.123. The van der Waals surface area contributed by atoms with E-state index < -0.39 is 12.1 Å². The van der Waals surface area contributed by atoms with Crippen molar-refractivity contribution in [1.82, 2.24) is 4.57 Å². The lowest BCUT2D eigenvalue weighted by Crippen LogP contribution is -2.30. The largest absolute Gasteiger partial charge is 0.449 e. The summed E-state index contributed by atoms with van der Waals surface area (Å²) in [5, 5.41) is 2.89. The molecule has 0 aliphatic heterocycles. The molecule has 2 aromatic carbocycles. The van der Waals surface area contributed by atoms with Crippen LogP contribution in [0.1, 0.15) is 48.6 Å². The van der Waals surface area contributed by atoms with Gasteiger partial charge in [0, 0.05) is 28.7 Å². The van der Waals surface area contributed by atoms with Gasteiger partial charge < -0.3 is 14.6 Å². The number of hydrogen-bond donors (Lipinski definition) is 1. The Hall–Kier alpha value is -3.34. The molecule has 3 rings (SSSR count). The molecule has 5 heteroatoms. The fraction of sp³-hybridized carbons (Fsp3) is 0.280. The van der Waals surface area contributed by atoms with E-state index in [0.717, 1.165) is 22.5 Å². The zero-order valence-corrected chi connectivity index (χ0v) is 18.1. The van der Waals surface area contributed by atoms with Crippen molar-refractivity contribution < 1.29 is 14.3 Å². The van der Waals surface area contributed by atoms with E-state index >= 15 is 0 Å². The standard InChI is InChI=1S/C25H28N2O3/c1-16(2)27-17(3)15-22(18(27)4)25(29)30-19(5)24(28)26-23-14-10-9-13-21(23)20-11-7-6-8-12-20/h6-16,19H,1-5H3,(H,26,28)/t19-/m1/s1. The number of nitrogens with zero attached hydrogens (tertiary/aromatic N) is 1. The number of aryl methyl sites for hydroxylation is 1. The van der Waals surface area contributed by atoms with Crippen molar-refractivity contribution in [3.63, 3.8) is 0 Å². The second kappa shape index (κ2) is 8.99. The first-order chi connectivity index (χ1) is 14.3. The highest BCUT2D eigenvalue weighted by atomic mass is 16.5. The summed E-state index contributed by atoms with van der Waals surface area (Å²) < 4.78 is 7.56. The Morgan fingerprint density at radius 2 is 1.57 bits per heavy atom. The molecule has 30 heavy (non-hydrogen) atoms. The molecular weight excluding hydrogens is 376 g/mol. The van der Waals surface area contributed by atoms with Crippen LogP contribution in [0.4, 0.5) is 5.69 Å². The Morgan fingerprint density at radius 1 is 0.933 bits per heavy atom. The van der Waals surface area contributed by atoms with Crippen molar-refractivity contribution in [3.8, 4) is 11.1 Å². The zero-order chi connectivity index (χ0) is 21.8. The number of esters is 1. The van der Waals surface area contributed by atoms with Crippen LogP contribution in [-0.4, -0.2) is 22.5 Å². The highest BCUT2D eigenvalue weighted by Crippen LogP contribution is 2.28. The molecule has 5 nitrogen and oxygen atoms in total. The average molecular weight is 405 g/mol. The van der Waals surface area contributed by atoms with Crippen molar-refractivity contribution in [1.29, 1.82) is 0 Å². The van der Waals surface area contributed by atoms with Crippen LogP contribution >= 0.6 is 0 Å². The van der Waals surface area contributed by atoms with Crippen LogP contribution in [0, 0.1) is 13.8 Å². The lowest BCUT2D eigenvalue weighted by Gasteiger charge is -2.16. The van der Waals surface area contributed by atoms with Gasteiger partial charge in [-0.3, -0.25) is 4.79 Å². The lowest BCUT2D eigenvalue weighted by atomic mass is 10.0. The smallest absolute Gasteiger partial charge is 0.340 e. The van der Waals surface area contributed by atoms with Gasteiger partial charge in [0.2, 0.25) is 0 Å². The molecule has 0 unspecified atom stereocenters. The molecule has 156 valence electrons. The van der Waals surface area contributed by atoms with Crippen molar-refractivity contribution in [2.45, 2.75) is 46.8 Å². The summed E-state index contributed by atoms with van der Waals surface area (Å²) in [7, 11) is 0. The normalized spacial score (nSPS) is 11.9. The number of benzene rings is 2. The number of amides is 1. The molecule has 0 aliphatic rings. The molecule has 0 fully saturated rings. The Bertz CT molecular complexity index is 1050. The molecule has 1 N–H and O–H groups in total. The van der Waals surface area contributed by atoms with Gasteiger partial charge in [-0.1, -0.05) is 48.5 Å². The molecule has 0 bridgehead atoms. The molecule has 0 saturated heterocycles. The third-order valence-electron chi connectivity index (χ3n) is 5.14. The Balaban J connectivity index is 1.74. The molecule has 0 spiro atoms. The number of anilines is 1. The third-order valence-corrected chi connectivity index (χ3v) is 5.14. The molecule has 1 aromatic heterocycles. The van der Waals surface area contributed by atoms with Gasteiger partial charge in [0.15, 0.2) is 6.10 Å². The van der Waals surface area contributed by atoms with Crippen LogP contribution < -0.4 is 5.32 Å². The van der Waals surface area contributed by atoms with E-state index in [4.69, 9.17) is 4.74 Å². The first-order valence-electron chi connectivity index (χ1n) is 10.1. The number of aromatic nitrogens is 1. The van der Waals surface area contributed by atoms with Crippen LogP contribution in [-0.2, 0) is 9.53 Å². The highest BCUT2D eigenvalue weighted by molar-refractivity contribution is 6.00. The van der Waals surface area contributed by atoms with Gasteiger partial charge in [0.05, 0.1) is 5.56 Å². The van der Waals surface area contributed by atoms with Gasteiger partial charge in [0.1, 0.15) is 0 Å². The third kappa shape index (κ3) is 4.46. The second-order valence-corrected chi connectivity index (χ2v) is 7.70. The van der Waals surface area contributed by atoms with Crippen molar-refractivity contribution in [3.05, 3.63) is 77.6 Å². The SMILES string of the molecule is Cc1cc(C(=O)O[C@H](C)C(=O)Nc2ccccc2-c2ccccc2)c(C)n1C(C)C. The molecule has 0 radical (unpaired) electrons. The second-order valence-electron chi connectivity index (χ2n) is 7.70. The quantitative estimate of drug-likeness (QED) is 0.549.